The lowest BCUT2D eigenvalue weighted by Crippen LogP contribution is -2.36. The van der Waals surface area contributed by atoms with Gasteiger partial charge in [0, 0.05) is 0 Å². The van der Waals surface area contributed by atoms with E-state index in [4.69, 9.17) is 0 Å². The Labute approximate surface area is 88.3 Å². The second kappa shape index (κ2) is 5.14. The van der Waals surface area contributed by atoms with Crippen molar-refractivity contribution in [2.45, 2.75) is 71.9 Å². The largest absolute Gasteiger partial charge is 0.247 e. The van der Waals surface area contributed by atoms with Crippen LogP contribution in [0.5, 0.6) is 0 Å². The van der Waals surface area contributed by atoms with Gasteiger partial charge in [0.2, 0.25) is 0 Å². The molecule has 0 radical (unpaired) electrons. The molecule has 1 rings (SSSR count). The van der Waals surface area contributed by atoms with Crippen molar-refractivity contribution in [3.8, 4) is 0 Å². The van der Waals surface area contributed by atoms with Crippen LogP contribution in [0.1, 0.15) is 65.7 Å². The molecule has 0 aromatic heterocycles. The van der Waals surface area contributed by atoms with E-state index < -0.39 is 6.17 Å². The number of alkyl halides is 1. The lowest BCUT2D eigenvalue weighted by atomic mass is 9.64. The molecule has 0 bridgehead atoms. The Bertz CT molecular complexity index is 157. The van der Waals surface area contributed by atoms with E-state index in [1.165, 1.54) is 32.1 Å². The summed E-state index contributed by atoms with van der Waals surface area (Å²) in [4.78, 5) is 0. The quantitative estimate of drug-likeness (QED) is 0.544. The van der Waals surface area contributed by atoms with Crippen molar-refractivity contribution in [3.63, 3.8) is 0 Å². The first kappa shape index (κ1) is 12.0. The summed E-state index contributed by atoms with van der Waals surface area (Å²) in [6.45, 7) is 6.87. The van der Waals surface area contributed by atoms with Crippen molar-refractivity contribution in [2.24, 2.45) is 11.3 Å². The number of halogens is 1. The second-order valence-electron chi connectivity index (χ2n) is 5.56. The minimum absolute atomic E-state index is 0.385. The highest BCUT2D eigenvalue weighted by Crippen LogP contribution is 2.46. The van der Waals surface area contributed by atoms with Gasteiger partial charge in [0.15, 0.2) is 0 Å². The fraction of sp³-hybridized carbons (Fsp3) is 1.00. The average molecular weight is 200 g/mol. The van der Waals surface area contributed by atoms with E-state index >= 15 is 0 Å². The molecule has 1 heteroatoms. The van der Waals surface area contributed by atoms with Gasteiger partial charge in [-0.1, -0.05) is 46.5 Å². The molecule has 1 saturated carbocycles. The topological polar surface area (TPSA) is 0 Å². The van der Waals surface area contributed by atoms with Crippen molar-refractivity contribution in [1.82, 2.24) is 0 Å². The molecule has 1 fully saturated rings. The predicted molar refractivity (Wildman–Crippen MR) is 60.2 cm³/mol. The summed E-state index contributed by atoms with van der Waals surface area (Å²) in [5.74, 6) is 0.652. The zero-order valence-electron chi connectivity index (χ0n) is 9.98. The molecule has 0 aromatic rings. The van der Waals surface area contributed by atoms with Crippen molar-refractivity contribution in [2.75, 3.05) is 0 Å². The molecule has 14 heavy (non-hydrogen) atoms. The van der Waals surface area contributed by atoms with Crippen LogP contribution in [0, 0.1) is 11.3 Å². The highest BCUT2D eigenvalue weighted by atomic mass is 19.1. The molecular weight excluding hydrogens is 175 g/mol. The average Bonchev–Trinajstić information content (AvgIpc) is 2.07. The van der Waals surface area contributed by atoms with Crippen LogP contribution in [0.4, 0.5) is 4.39 Å². The van der Waals surface area contributed by atoms with Crippen molar-refractivity contribution >= 4 is 0 Å². The van der Waals surface area contributed by atoms with E-state index in [0.29, 0.717) is 11.3 Å². The summed E-state index contributed by atoms with van der Waals surface area (Å²) >= 11 is 0. The summed E-state index contributed by atoms with van der Waals surface area (Å²) in [5.41, 5.74) is 0.385. The van der Waals surface area contributed by atoms with Crippen LogP contribution in [-0.4, -0.2) is 6.17 Å². The molecule has 0 N–H and O–H groups in total. The molecule has 0 unspecified atom stereocenters. The molecule has 84 valence electrons. The maximum Gasteiger partial charge on any atom is 0.101 e. The molecule has 0 saturated heterocycles. The Kier molecular flexibility index (Phi) is 4.40. The van der Waals surface area contributed by atoms with Gasteiger partial charge >= 0.3 is 0 Å². The Balaban J connectivity index is 2.14. The molecule has 0 aliphatic heterocycles. The molecule has 1 aliphatic rings. The summed E-state index contributed by atoms with van der Waals surface area (Å²) in [6.07, 6.45) is 7.77. The standard InChI is InChI=1S/C13H25F/c1-4-5-6-7-8-13(2,3)11-9-12(14)10-11/h11-12H,4-10H2,1-3H3. The van der Waals surface area contributed by atoms with E-state index in [-0.39, 0.29) is 0 Å². The Morgan fingerprint density at radius 1 is 1.14 bits per heavy atom. The van der Waals surface area contributed by atoms with Crippen LogP contribution >= 0.6 is 0 Å². The molecule has 0 nitrogen and oxygen atoms in total. The van der Waals surface area contributed by atoms with Gasteiger partial charge in [-0.3, -0.25) is 0 Å². The summed E-state index contributed by atoms with van der Waals surface area (Å²) < 4.78 is 12.7. The summed E-state index contributed by atoms with van der Waals surface area (Å²) in [5, 5.41) is 0. The highest BCUT2D eigenvalue weighted by Gasteiger charge is 2.39. The predicted octanol–water partition coefficient (Wildman–Crippen LogP) is 4.73. The van der Waals surface area contributed by atoms with Crippen molar-refractivity contribution < 1.29 is 4.39 Å². The van der Waals surface area contributed by atoms with Gasteiger partial charge in [0.1, 0.15) is 6.17 Å². The van der Waals surface area contributed by atoms with Gasteiger partial charge in [-0.25, -0.2) is 4.39 Å². The normalized spacial score (nSPS) is 27.4. The maximum absolute atomic E-state index is 12.7. The van der Waals surface area contributed by atoms with Crippen LogP contribution in [0.25, 0.3) is 0 Å². The van der Waals surface area contributed by atoms with Crippen LogP contribution in [-0.2, 0) is 0 Å². The zero-order chi connectivity index (χ0) is 10.6. The van der Waals surface area contributed by atoms with Gasteiger partial charge in [-0.2, -0.15) is 0 Å². The van der Waals surface area contributed by atoms with Crippen molar-refractivity contribution in [3.05, 3.63) is 0 Å². The summed E-state index contributed by atoms with van der Waals surface area (Å²) in [6, 6.07) is 0. The lowest BCUT2D eigenvalue weighted by Gasteiger charge is -2.42. The molecule has 0 amide bonds. The monoisotopic (exact) mass is 200 g/mol. The molecule has 0 heterocycles. The number of unbranched alkanes of at least 4 members (excludes halogenated alkanes) is 3. The fourth-order valence-electron chi connectivity index (χ4n) is 2.40. The fourth-order valence-corrected chi connectivity index (χ4v) is 2.40. The van der Waals surface area contributed by atoms with Crippen LogP contribution in [0.3, 0.4) is 0 Å². The van der Waals surface area contributed by atoms with E-state index in [0.717, 1.165) is 12.8 Å². The van der Waals surface area contributed by atoms with E-state index in [1.807, 2.05) is 0 Å². The number of rotatable bonds is 6. The van der Waals surface area contributed by atoms with E-state index in [2.05, 4.69) is 20.8 Å². The van der Waals surface area contributed by atoms with Crippen LogP contribution in [0.2, 0.25) is 0 Å². The number of hydrogen-bond donors (Lipinski definition) is 0. The summed E-state index contributed by atoms with van der Waals surface area (Å²) in [7, 11) is 0. The highest BCUT2D eigenvalue weighted by molar-refractivity contribution is 4.89. The number of hydrogen-bond acceptors (Lipinski definition) is 0. The first-order valence-corrected chi connectivity index (χ1v) is 6.20. The van der Waals surface area contributed by atoms with E-state index in [9.17, 15) is 4.39 Å². The second-order valence-corrected chi connectivity index (χ2v) is 5.56. The van der Waals surface area contributed by atoms with Gasteiger partial charge in [-0.15, -0.1) is 0 Å². The van der Waals surface area contributed by atoms with Crippen LogP contribution < -0.4 is 0 Å². The molecule has 0 atom stereocenters. The maximum atomic E-state index is 12.7. The van der Waals surface area contributed by atoms with Gasteiger partial charge in [0.25, 0.3) is 0 Å². The Morgan fingerprint density at radius 2 is 1.79 bits per heavy atom. The first-order valence-electron chi connectivity index (χ1n) is 6.20. The van der Waals surface area contributed by atoms with Crippen molar-refractivity contribution in [1.29, 1.82) is 0 Å². The SMILES string of the molecule is CCCCCCC(C)(C)C1CC(F)C1. The zero-order valence-corrected chi connectivity index (χ0v) is 9.98. The third-order valence-corrected chi connectivity index (χ3v) is 3.86. The molecule has 0 spiro atoms. The smallest absolute Gasteiger partial charge is 0.101 e. The first-order chi connectivity index (χ1) is 6.56. The molecular formula is C13H25F. The third kappa shape index (κ3) is 3.25. The molecule has 0 aromatic carbocycles. The molecule has 1 aliphatic carbocycles. The minimum atomic E-state index is -0.491. The lowest BCUT2D eigenvalue weighted by molar-refractivity contribution is 0.0302. The van der Waals surface area contributed by atoms with Crippen LogP contribution in [0.15, 0.2) is 0 Å². The third-order valence-electron chi connectivity index (χ3n) is 3.86. The van der Waals surface area contributed by atoms with E-state index in [1.54, 1.807) is 0 Å². The Hall–Kier alpha value is -0.0700. The van der Waals surface area contributed by atoms with Gasteiger partial charge in [0.05, 0.1) is 0 Å². The van der Waals surface area contributed by atoms with Gasteiger partial charge in [-0.05, 0) is 30.6 Å². The Morgan fingerprint density at radius 3 is 2.29 bits per heavy atom. The van der Waals surface area contributed by atoms with Gasteiger partial charge < -0.3 is 0 Å². The minimum Gasteiger partial charge on any atom is -0.247 e.